The molecule has 94 valence electrons. The second kappa shape index (κ2) is 5.40. The van der Waals surface area contributed by atoms with E-state index in [9.17, 15) is 0 Å². The summed E-state index contributed by atoms with van der Waals surface area (Å²) < 4.78 is 5.14. The predicted molar refractivity (Wildman–Crippen MR) is 73.7 cm³/mol. The third kappa shape index (κ3) is 2.91. The van der Waals surface area contributed by atoms with Crippen LogP contribution < -0.4 is 15.8 Å². The Morgan fingerprint density at radius 2 is 1.94 bits per heavy atom. The summed E-state index contributed by atoms with van der Waals surface area (Å²) in [5, 5.41) is 3.35. The molecule has 0 bridgehead atoms. The maximum absolute atomic E-state index is 5.69. The van der Waals surface area contributed by atoms with Crippen molar-refractivity contribution in [3.8, 4) is 5.75 Å². The highest BCUT2D eigenvalue weighted by Crippen LogP contribution is 2.21. The van der Waals surface area contributed by atoms with E-state index in [0.29, 0.717) is 5.69 Å². The molecule has 3 N–H and O–H groups in total. The van der Waals surface area contributed by atoms with Crippen LogP contribution in [-0.2, 0) is 0 Å². The Morgan fingerprint density at radius 3 is 2.56 bits per heavy atom. The van der Waals surface area contributed by atoms with Gasteiger partial charge in [-0.15, -0.1) is 0 Å². The summed E-state index contributed by atoms with van der Waals surface area (Å²) in [5.41, 5.74) is 8.44. The highest BCUT2D eigenvalue weighted by Gasteiger charge is 2.05. The molecule has 0 fully saturated rings. The SMILES string of the molecule is COc1ccc(C(C)Nc2cncc(N)c2)cc1. The van der Waals surface area contributed by atoms with Gasteiger partial charge in [0.05, 0.1) is 24.7 Å². The second-order valence-corrected chi connectivity index (χ2v) is 4.15. The van der Waals surface area contributed by atoms with Gasteiger partial charge in [0, 0.05) is 12.2 Å². The molecular formula is C14H17N3O. The molecule has 1 unspecified atom stereocenters. The van der Waals surface area contributed by atoms with Crippen molar-refractivity contribution < 1.29 is 4.74 Å². The Balaban J connectivity index is 2.09. The summed E-state index contributed by atoms with van der Waals surface area (Å²) >= 11 is 0. The number of anilines is 2. The molecule has 2 rings (SSSR count). The van der Waals surface area contributed by atoms with Crippen molar-refractivity contribution in [2.75, 3.05) is 18.2 Å². The number of nitrogens with two attached hydrogens (primary N) is 1. The number of benzene rings is 1. The average molecular weight is 243 g/mol. The van der Waals surface area contributed by atoms with Gasteiger partial charge in [0.15, 0.2) is 0 Å². The number of hydrogen-bond donors (Lipinski definition) is 2. The highest BCUT2D eigenvalue weighted by atomic mass is 16.5. The summed E-state index contributed by atoms with van der Waals surface area (Å²) in [7, 11) is 1.66. The van der Waals surface area contributed by atoms with Crippen molar-refractivity contribution in [1.82, 2.24) is 4.98 Å². The predicted octanol–water partition coefficient (Wildman–Crippen LogP) is 2.85. The Morgan fingerprint density at radius 1 is 1.22 bits per heavy atom. The molecule has 0 saturated carbocycles. The Labute approximate surface area is 107 Å². The van der Waals surface area contributed by atoms with E-state index in [1.165, 1.54) is 5.56 Å². The Hall–Kier alpha value is -2.23. The fraction of sp³-hybridized carbons (Fsp3) is 0.214. The third-order valence-electron chi connectivity index (χ3n) is 2.76. The van der Waals surface area contributed by atoms with E-state index in [0.717, 1.165) is 11.4 Å². The summed E-state index contributed by atoms with van der Waals surface area (Å²) in [6, 6.07) is 10.0. The molecule has 4 nitrogen and oxygen atoms in total. The lowest BCUT2D eigenvalue weighted by molar-refractivity contribution is 0.414. The molecule has 0 amide bonds. The molecule has 0 aliphatic rings. The molecule has 1 atom stereocenters. The van der Waals surface area contributed by atoms with E-state index >= 15 is 0 Å². The molecule has 0 aliphatic heterocycles. The van der Waals surface area contributed by atoms with Crippen molar-refractivity contribution in [2.45, 2.75) is 13.0 Å². The second-order valence-electron chi connectivity index (χ2n) is 4.15. The van der Waals surface area contributed by atoms with Crippen molar-refractivity contribution in [1.29, 1.82) is 0 Å². The zero-order valence-electron chi connectivity index (χ0n) is 10.6. The number of pyridine rings is 1. The largest absolute Gasteiger partial charge is 0.497 e. The smallest absolute Gasteiger partial charge is 0.118 e. The van der Waals surface area contributed by atoms with Gasteiger partial charge in [-0.1, -0.05) is 12.1 Å². The highest BCUT2D eigenvalue weighted by molar-refractivity contribution is 5.52. The van der Waals surface area contributed by atoms with Gasteiger partial charge in [-0.2, -0.15) is 0 Å². The van der Waals surface area contributed by atoms with Crippen molar-refractivity contribution in [3.63, 3.8) is 0 Å². The van der Waals surface area contributed by atoms with Crippen LogP contribution in [0.1, 0.15) is 18.5 Å². The fourth-order valence-corrected chi connectivity index (χ4v) is 1.76. The van der Waals surface area contributed by atoms with Gasteiger partial charge in [0.2, 0.25) is 0 Å². The number of nitrogens with one attached hydrogen (secondary N) is 1. The molecule has 2 aromatic rings. The third-order valence-corrected chi connectivity index (χ3v) is 2.76. The molecule has 1 aromatic carbocycles. The number of aromatic nitrogens is 1. The van der Waals surface area contributed by atoms with Crippen LogP contribution in [0, 0.1) is 0 Å². The van der Waals surface area contributed by atoms with Crippen LogP contribution in [0.15, 0.2) is 42.7 Å². The van der Waals surface area contributed by atoms with Crippen LogP contribution in [0.5, 0.6) is 5.75 Å². The minimum atomic E-state index is 0.180. The maximum Gasteiger partial charge on any atom is 0.118 e. The van der Waals surface area contributed by atoms with E-state index in [1.807, 2.05) is 30.3 Å². The Kier molecular flexibility index (Phi) is 3.67. The van der Waals surface area contributed by atoms with Crippen LogP contribution in [0.2, 0.25) is 0 Å². The molecule has 0 aliphatic carbocycles. The van der Waals surface area contributed by atoms with E-state index in [4.69, 9.17) is 10.5 Å². The van der Waals surface area contributed by atoms with Crippen LogP contribution in [0.3, 0.4) is 0 Å². The van der Waals surface area contributed by atoms with Gasteiger partial charge >= 0.3 is 0 Å². The Bertz CT molecular complexity index is 511. The molecule has 18 heavy (non-hydrogen) atoms. The normalized spacial score (nSPS) is 11.9. The van der Waals surface area contributed by atoms with E-state index < -0.39 is 0 Å². The first kappa shape index (κ1) is 12.2. The fourth-order valence-electron chi connectivity index (χ4n) is 1.76. The average Bonchev–Trinajstić information content (AvgIpc) is 2.39. The van der Waals surface area contributed by atoms with Crippen LogP contribution in [0.4, 0.5) is 11.4 Å². The molecule has 0 saturated heterocycles. The first-order valence-electron chi connectivity index (χ1n) is 5.80. The lowest BCUT2D eigenvalue weighted by Crippen LogP contribution is -2.07. The quantitative estimate of drug-likeness (QED) is 0.866. The zero-order chi connectivity index (χ0) is 13.0. The number of ether oxygens (including phenoxy) is 1. The molecule has 0 spiro atoms. The van der Waals surface area contributed by atoms with Crippen LogP contribution in [-0.4, -0.2) is 12.1 Å². The van der Waals surface area contributed by atoms with Gasteiger partial charge in [-0.25, -0.2) is 0 Å². The van der Waals surface area contributed by atoms with E-state index in [1.54, 1.807) is 19.5 Å². The molecule has 0 radical (unpaired) electrons. The number of methoxy groups -OCH3 is 1. The van der Waals surface area contributed by atoms with Crippen LogP contribution >= 0.6 is 0 Å². The lowest BCUT2D eigenvalue weighted by atomic mass is 10.1. The lowest BCUT2D eigenvalue weighted by Gasteiger charge is -2.16. The number of hydrogen-bond acceptors (Lipinski definition) is 4. The number of nitrogens with zero attached hydrogens (tertiary/aromatic N) is 1. The van der Waals surface area contributed by atoms with Crippen molar-refractivity contribution >= 4 is 11.4 Å². The van der Waals surface area contributed by atoms with Gasteiger partial charge in [-0.05, 0) is 30.7 Å². The maximum atomic E-state index is 5.69. The topological polar surface area (TPSA) is 60.2 Å². The molecular weight excluding hydrogens is 226 g/mol. The van der Waals surface area contributed by atoms with Gasteiger partial charge in [0.1, 0.15) is 5.75 Å². The van der Waals surface area contributed by atoms with Gasteiger partial charge < -0.3 is 15.8 Å². The first-order chi connectivity index (χ1) is 8.69. The van der Waals surface area contributed by atoms with E-state index in [-0.39, 0.29) is 6.04 Å². The standard InChI is InChI=1S/C14H17N3O/c1-10(11-3-5-14(18-2)6-4-11)17-13-7-12(15)8-16-9-13/h3-10,17H,15H2,1-2H3. The summed E-state index contributed by atoms with van der Waals surface area (Å²) in [4.78, 5) is 4.05. The minimum Gasteiger partial charge on any atom is -0.497 e. The van der Waals surface area contributed by atoms with Gasteiger partial charge in [-0.3, -0.25) is 4.98 Å². The summed E-state index contributed by atoms with van der Waals surface area (Å²) in [6.07, 6.45) is 3.39. The summed E-state index contributed by atoms with van der Waals surface area (Å²) in [5.74, 6) is 0.858. The number of rotatable bonds is 4. The van der Waals surface area contributed by atoms with Crippen molar-refractivity contribution in [3.05, 3.63) is 48.3 Å². The summed E-state index contributed by atoms with van der Waals surface area (Å²) in [6.45, 7) is 2.09. The zero-order valence-corrected chi connectivity index (χ0v) is 10.6. The monoisotopic (exact) mass is 243 g/mol. The van der Waals surface area contributed by atoms with Crippen molar-refractivity contribution in [2.24, 2.45) is 0 Å². The molecule has 1 aromatic heterocycles. The first-order valence-corrected chi connectivity index (χ1v) is 5.80. The van der Waals surface area contributed by atoms with Gasteiger partial charge in [0.25, 0.3) is 0 Å². The molecule has 4 heteroatoms. The number of nitrogen functional groups attached to an aromatic ring is 1. The van der Waals surface area contributed by atoms with Crippen LogP contribution in [0.25, 0.3) is 0 Å². The minimum absolute atomic E-state index is 0.180. The van der Waals surface area contributed by atoms with E-state index in [2.05, 4.69) is 17.2 Å². The molecule has 1 heterocycles.